The van der Waals surface area contributed by atoms with Crippen molar-refractivity contribution in [2.24, 2.45) is 0 Å². The van der Waals surface area contributed by atoms with Crippen LogP contribution < -0.4 is 10.6 Å². The highest BCUT2D eigenvalue weighted by Gasteiger charge is 2.32. The van der Waals surface area contributed by atoms with Gasteiger partial charge in [-0.25, -0.2) is 8.42 Å². The lowest BCUT2D eigenvalue weighted by Crippen LogP contribution is -2.42. The molecule has 1 heterocycles. The molecular formula is C18H20N2O4S2. The molecule has 0 spiro atoms. The summed E-state index contributed by atoms with van der Waals surface area (Å²) in [4.78, 5) is 24.6. The summed E-state index contributed by atoms with van der Waals surface area (Å²) < 4.78 is 26.1. The van der Waals surface area contributed by atoms with Crippen molar-refractivity contribution in [3.8, 4) is 0 Å². The van der Waals surface area contributed by atoms with Gasteiger partial charge in [0.05, 0.1) is 4.90 Å². The van der Waals surface area contributed by atoms with Gasteiger partial charge in [0.15, 0.2) is 9.84 Å². The van der Waals surface area contributed by atoms with E-state index in [0.29, 0.717) is 4.88 Å². The lowest BCUT2D eigenvalue weighted by molar-refractivity contribution is -0.139. The average Bonchev–Trinajstić information content (AvgIpc) is 3.26. The lowest BCUT2D eigenvalue weighted by atomic mass is 10.2. The van der Waals surface area contributed by atoms with E-state index in [0.717, 1.165) is 18.4 Å². The van der Waals surface area contributed by atoms with E-state index in [-0.39, 0.29) is 17.5 Å². The van der Waals surface area contributed by atoms with Crippen molar-refractivity contribution in [3.63, 3.8) is 0 Å². The fourth-order valence-corrected chi connectivity index (χ4v) is 5.26. The summed E-state index contributed by atoms with van der Waals surface area (Å²) >= 11 is 1.31. The minimum atomic E-state index is -3.71. The Labute approximate surface area is 156 Å². The second kappa shape index (κ2) is 7.59. The van der Waals surface area contributed by atoms with E-state index in [4.69, 9.17) is 0 Å². The minimum absolute atomic E-state index is 0.0673. The predicted octanol–water partition coefficient (Wildman–Crippen LogP) is 1.97. The van der Waals surface area contributed by atoms with Crippen molar-refractivity contribution in [1.29, 1.82) is 0 Å². The Balaban J connectivity index is 1.78. The van der Waals surface area contributed by atoms with Gasteiger partial charge in [0.2, 0.25) is 0 Å². The summed E-state index contributed by atoms with van der Waals surface area (Å²) in [5.41, 5.74) is 0.960. The van der Waals surface area contributed by atoms with Crippen LogP contribution in [0.3, 0.4) is 0 Å². The average molecular weight is 393 g/mol. The van der Waals surface area contributed by atoms with Gasteiger partial charge in [0, 0.05) is 17.5 Å². The standard InChI is InChI=1S/C18H20N2O4S2/c1-12-4-8-14(9-5-12)26(23,24)16(15-3-2-10-25-15)11-19-17(21)18(22)20-13-6-7-13/h2-5,8-10,13,16H,6-7,11H2,1H3,(H,19,21)(H,20,22)/t16-/m1/s1. The summed E-state index contributed by atoms with van der Waals surface area (Å²) in [5.74, 6) is -1.53. The van der Waals surface area contributed by atoms with Gasteiger partial charge in [-0.1, -0.05) is 23.8 Å². The van der Waals surface area contributed by atoms with E-state index in [1.807, 2.05) is 6.92 Å². The molecule has 1 fully saturated rings. The fourth-order valence-electron chi connectivity index (χ4n) is 2.47. The summed E-state index contributed by atoms with van der Waals surface area (Å²) in [6.07, 6.45) is 1.75. The molecule has 1 aliphatic carbocycles. The summed E-state index contributed by atoms with van der Waals surface area (Å²) in [5, 5.41) is 5.90. The number of thiophene rings is 1. The highest BCUT2D eigenvalue weighted by molar-refractivity contribution is 7.91. The molecule has 2 amide bonds. The van der Waals surface area contributed by atoms with E-state index in [1.54, 1.807) is 41.8 Å². The van der Waals surface area contributed by atoms with E-state index in [9.17, 15) is 18.0 Å². The first-order valence-corrected chi connectivity index (χ1v) is 10.7. The molecule has 0 aliphatic heterocycles. The lowest BCUT2D eigenvalue weighted by Gasteiger charge is -2.17. The van der Waals surface area contributed by atoms with Crippen LogP contribution in [-0.4, -0.2) is 32.8 Å². The summed E-state index contributed by atoms with van der Waals surface area (Å²) in [6, 6.07) is 10.1. The van der Waals surface area contributed by atoms with Gasteiger partial charge in [0.1, 0.15) is 5.25 Å². The summed E-state index contributed by atoms with van der Waals surface area (Å²) in [7, 11) is -3.71. The molecule has 0 bridgehead atoms. The molecule has 3 rings (SSSR count). The molecule has 0 saturated heterocycles. The number of benzene rings is 1. The van der Waals surface area contributed by atoms with Crippen LogP contribution in [0, 0.1) is 6.92 Å². The van der Waals surface area contributed by atoms with Crippen LogP contribution in [0.2, 0.25) is 0 Å². The number of nitrogens with one attached hydrogen (secondary N) is 2. The fraction of sp³-hybridized carbons (Fsp3) is 0.333. The topological polar surface area (TPSA) is 92.3 Å². The van der Waals surface area contributed by atoms with Gasteiger partial charge >= 0.3 is 11.8 Å². The van der Waals surface area contributed by atoms with Crippen molar-refractivity contribution in [2.75, 3.05) is 6.54 Å². The van der Waals surface area contributed by atoms with Crippen molar-refractivity contribution in [3.05, 3.63) is 52.2 Å². The van der Waals surface area contributed by atoms with Crippen LogP contribution in [0.4, 0.5) is 0 Å². The van der Waals surface area contributed by atoms with Gasteiger partial charge in [-0.15, -0.1) is 11.3 Å². The maximum Gasteiger partial charge on any atom is 0.309 e. The largest absolute Gasteiger partial charge is 0.346 e. The number of hydrogen-bond acceptors (Lipinski definition) is 5. The zero-order valence-corrected chi connectivity index (χ0v) is 15.9. The third kappa shape index (κ3) is 4.31. The molecule has 1 aliphatic rings. The zero-order chi connectivity index (χ0) is 18.7. The molecule has 1 saturated carbocycles. The molecule has 6 nitrogen and oxygen atoms in total. The molecule has 1 atom stereocenters. The second-order valence-electron chi connectivity index (χ2n) is 6.32. The van der Waals surface area contributed by atoms with E-state index in [1.165, 1.54) is 11.3 Å². The van der Waals surface area contributed by atoms with Crippen LogP contribution in [-0.2, 0) is 19.4 Å². The Bertz CT molecular complexity index is 886. The van der Waals surface area contributed by atoms with Crippen LogP contribution >= 0.6 is 11.3 Å². The highest BCUT2D eigenvalue weighted by Crippen LogP contribution is 2.31. The Morgan fingerprint density at radius 1 is 1.15 bits per heavy atom. The molecule has 2 aromatic rings. The molecular weight excluding hydrogens is 372 g/mol. The van der Waals surface area contributed by atoms with Gasteiger partial charge < -0.3 is 10.6 Å². The van der Waals surface area contributed by atoms with Crippen LogP contribution in [0.15, 0.2) is 46.7 Å². The van der Waals surface area contributed by atoms with Gasteiger partial charge in [-0.2, -0.15) is 0 Å². The molecule has 8 heteroatoms. The van der Waals surface area contributed by atoms with E-state index >= 15 is 0 Å². The smallest absolute Gasteiger partial charge is 0.309 e. The van der Waals surface area contributed by atoms with Crippen molar-refractivity contribution >= 4 is 33.0 Å². The number of carbonyl (C=O) groups is 2. The van der Waals surface area contributed by atoms with Gasteiger partial charge in [-0.3, -0.25) is 9.59 Å². The first-order valence-electron chi connectivity index (χ1n) is 8.30. The minimum Gasteiger partial charge on any atom is -0.346 e. The molecule has 2 N–H and O–H groups in total. The van der Waals surface area contributed by atoms with Gasteiger partial charge in [-0.05, 0) is 43.3 Å². The van der Waals surface area contributed by atoms with Crippen LogP contribution in [0.5, 0.6) is 0 Å². The maximum atomic E-state index is 13.1. The number of amides is 2. The molecule has 0 unspecified atom stereocenters. The quantitative estimate of drug-likeness (QED) is 0.735. The predicted molar refractivity (Wildman–Crippen MR) is 99.6 cm³/mol. The van der Waals surface area contributed by atoms with Crippen molar-refractivity contribution < 1.29 is 18.0 Å². The zero-order valence-electron chi connectivity index (χ0n) is 14.3. The Morgan fingerprint density at radius 3 is 2.42 bits per heavy atom. The van der Waals surface area contributed by atoms with Crippen molar-refractivity contribution in [2.45, 2.75) is 36.0 Å². The molecule has 1 aromatic carbocycles. The summed E-state index contributed by atoms with van der Waals surface area (Å²) in [6.45, 7) is 1.72. The first kappa shape index (κ1) is 18.6. The first-order chi connectivity index (χ1) is 12.4. The number of carbonyl (C=O) groups excluding carboxylic acids is 2. The Hall–Kier alpha value is -2.19. The van der Waals surface area contributed by atoms with Gasteiger partial charge in [0.25, 0.3) is 0 Å². The molecule has 26 heavy (non-hydrogen) atoms. The van der Waals surface area contributed by atoms with E-state index in [2.05, 4.69) is 10.6 Å². The number of hydrogen-bond donors (Lipinski definition) is 2. The number of rotatable bonds is 6. The van der Waals surface area contributed by atoms with E-state index < -0.39 is 26.9 Å². The maximum absolute atomic E-state index is 13.1. The molecule has 0 radical (unpaired) electrons. The molecule has 1 aromatic heterocycles. The number of sulfone groups is 1. The Morgan fingerprint density at radius 2 is 1.85 bits per heavy atom. The van der Waals surface area contributed by atoms with Crippen molar-refractivity contribution in [1.82, 2.24) is 10.6 Å². The molecule has 138 valence electrons. The normalized spacial score (nSPS) is 15.3. The van der Waals surface area contributed by atoms with Crippen LogP contribution in [0.1, 0.15) is 28.5 Å². The van der Waals surface area contributed by atoms with Crippen LogP contribution in [0.25, 0.3) is 0 Å². The number of aryl methyl sites for hydroxylation is 1. The third-order valence-corrected chi connectivity index (χ3v) is 7.39. The second-order valence-corrected chi connectivity index (χ2v) is 9.43. The monoisotopic (exact) mass is 392 g/mol. The third-order valence-electron chi connectivity index (χ3n) is 4.15. The SMILES string of the molecule is Cc1ccc(S(=O)(=O)[C@H](CNC(=O)C(=O)NC2CC2)c2cccs2)cc1. The Kier molecular flexibility index (Phi) is 5.43. The highest BCUT2D eigenvalue weighted by atomic mass is 32.2.